The Morgan fingerprint density at radius 3 is 1.97 bits per heavy atom. The van der Waals surface area contributed by atoms with Crippen LogP contribution in [0.1, 0.15) is 19.4 Å². The van der Waals surface area contributed by atoms with Gasteiger partial charge < -0.3 is 46.8 Å². The normalized spacial score (nSPS) is 19.9. The summed E-state index contributed by atoms with van der Waals surface area (Å²) >= 11 is 0. The fraction of sp³-hybridized carbons (Fsp3) is 0.333. The van der Waals surface area contributed by atoms with Crippen LogP contribution in [0.2, 0.25) is 0 Å². The van der Waals surface area contributed by atoms with Crippen molar-refractivity contribution in [3.05, 3.63) is 65.4 Å². The summed E-state index contributed by atoms with van der Waals surface area (Å²) in [5.41, 5.74) is 4.06. The lowest BCUT2D eigenvalue weighted by Gasteiger charge is -2.55. The molecular weight excluding hydrogens is 444 g/mol. The molecule has 0 saturated heterocycles. The SMILES string of the molecule is BC(C)(O)C(B)(c1ccc(N/C=C2/C=CC=C(C(N)=O)C2=N)cc1)C(O)(O)C(O)(O)C(C)(O)O. The molecule has 1 aliphatic rings. The van der Waals surface area contributed by atoms with E-state index in [1.807, 2.05) is 0 Å². The molecule has 2 atom stereocenters. The highest BCUT2D eigenvalue weighted by Gasteiger charge is 2.70. The number of amides is 1. The Hall–Kier alpha value is -2.77. The molecule has 1 amide bonds. The van der Waals surface area contributed by atoms with Crippen molar-refractivity contribution in [2.75, 3.05) is 5.32 Å². The van der Waals surface area contributed by atoms with E-state index in [0.29, 0.717) is 18.2 Å². The number of primary amides is 1. The Balaban J connectivity index is 2.44. The Bertz CT molecular complexity index is 1070. The maximum Gasteiger partial charge on any atom is 0.274 e. The third-order valence-corrected chi connectivity index (χ3v) is 6.29. The zero-order valence-corrected chi connectivity index (χ0v) is 19.2. The number of hydrogen-bond donors (Lipinski definition) is 10. The molecule has 182 valence electrons. The second-order valence-corrected chi connectivity index (χ2v) is 9.05. The van der Waals surface area contributed by atoms with E-state index in [0.717, 1.165) is 7.85 Å². The van der Waals surface area contributed by atoms with E-state index in [1.165, 1.54) is 51.3 Å². The molecule has 1 aliphatic carbocycles. The number of benzene rings is 1. The van der Waals surface area contributed by atoms with Crippen molar-refractivity contribution in [3.8, 4) is 0 Å². The lowest BCUT2D eigenvalue weighted by molar-refractivity contribution is -0.460. The smallest absolute Gasteiger partial charge is 0.274 e. The molecule has 34 heavy (non-hydrogen) atoms. The number of rotatable bonds is 8. The van der Waals surface area contributed by atoms with Crippen molar-refractivity contribution < 1.29 is 40.5 Å². The molecule has 0 bridgehead atoms. The lowest BCUT2D eigenvalue weighted by Crippen LogP contribution is -2.79. The van der Waals surface area contributed by atoms with E-state index in [-0.39, 0.29) is 16.8 Å². The van der Waals surface area contributed by atoms with Crippen molar-refractivity contribution in [1.29, 1.82) is 5.41 Å². The summed E-state index contributed by atoms with van der Waals surface area (Å²) in [5, 5.41) is 81.2. The van der Waals surface area contributed by atoms with Gasteiger partial charge in [-0.2, -0.15) is 0 Å². The van der Waals surface area contributed by atoms with Gasteiger partial charge in [0.05, 0.1) is 11.3 Å². The fourth-order valence-corrected chi connectivity index (χ4v) is 3.62. The van der Waals surface area contributed by atoms with Crippen molar-refractivity contribution in [2.45, 2.75) is 42.0 Å². The second kappa shape index (κ2) is 8.78. The summed E-state index contributed by atoms with van der Waals surface area (Å²) in [6.45, 7) is 1.74. The van der Waals surface area contributed by atoms with Crippen LogP contribution in [0.25, 0.3) is 0 Å². The minimum atomic E-state index is -3.88. The summed E-state index contributed by atoms with van der Waals surface area (Å²) in [7, 11) is 2.31. The molecule has 0 radical (unpaired) electrons. The number of hydrogen-bond acceptors (Lipinski definition) is 10. The molecule has 1 aromatic rings. The van der Waals surface area contributed by atoms with E-state index in [2.05, 4.69) is 5.32 Å². The maximum atomic E-state index is 11.4. The minimum absolute atomic E-state index is 0.0178. The summed E-state index contributed by atoms with van der Waals surface area (Å²) in [5.74, 6) is -11.6. The van der Waals surface area contributed by atoms with Gasteiger partial charge in [0.2, 0.25) is 11.6 Å². The first kappa shape index (κ1) is 27.5. The summed E-state index contributed by atoms with van der Waals surface area (Å²) in [6, 6.07) is 5.67. The largest absolute Gasteiger partial charge is 0.399 e. The number of anilines is 1. The highest BCUT2D eigenvalue weighted by Crippen LogP contribution is 2.46. The molecule has 0 spiro atoms. The van der Waals surface area contributed by atoms with E-state index < -0.39 is 34.1 Å². The highest BCUT2D eigenvalue weighted by molar-refractivity contribution is 6.28. The Morgan fingerprint density at radius 2 is 1.53 bits per heavy atom. The molecule has 2 rings (SSSR count). The molecule has 0 saturated carbocycles. The maximum absolute atomic E-state index is 11.4. The van der Waals surface area contributed by atoms with E-state index in [9.17, 15) is 40.5 Å². The average Bonchev–Trinajstić information content (AvgIpc) is 2.70. The number of carbonyl (C=O) groups excluding carboxylic acids is 1. The van der Waals surface area contributed by atoms with Gasteiger partial charge in [0.15, 0.2) is 0 Å². The van der Waals surface area contributed by atoms with Gasteiger partial charge in [-0.15, -0.1) is 0 Å². The van der Waals surface area contributed by atoms with Crippen LogP contribution in [0.4, 0.5) is 5.69 Å². The number of nitrogens with two attached hydrogens (primary N) is 1. The van der Waals surface area contributed by atoms with E-state index >= 15 is 0 Å². The zero-order chi connectivity index (χ0) is 26.3. The number of nitrogens with one attached hydrogen (secondary N) is 2. The Morgan fingerprint density at radius 1 is 1.00 bits per heavy atom. The molecule has 2 unspecified atom stereocenters. The zero-order valence-electron chi connectivity index (χ0n) is 19.2. The monoisotopic (exact) mass is 473 g/mol. The fourth-order valence-electron chi connectivity index (χ4n) is 3.62. The quantitative estimate of drug-likeness (QED) is 0.132. The van der Waals surface area contributed by atoms with Crippen LogP contribution in [-0.4, -0.2) is 85.9 Å². The van der Waals surface area contributed by atoms with E-state index in [1.54, 1.807) is 12.2 Å². The van der Waals surface area contributed by atoms with E-state index in [4.69, 9.17) is 11.1 Å². The Labute approximate surface area is 197 Å². The predicted octanol–water partition coefficient (Wildman–Crippen LogP) is -3.78. The van der Waals surface area contributed by atoms with Crippen molar-refractivity contribution in [1.82, 2.24) is 0 Å². The van der Waals surface area contributed by atoms with Gasteiger partial charge in [0, 0.05) is 28.3 Å². The van der Waals surface area contributed by atoms with Gasteiger partial charge >= 0.3 is 0 Å². The van der Waals surface area contributed by atoms with Gasteiger partial charge in [-0.1, -0.05) is 24.3 Å². The molecule has 11 N–H and O–H groups in total. The van der Waals surface area contributed by atoms with Gasteiger partial charge in [-0.3, -0.25) is 10.2 Å². The first-order valence-corrected chi connectivity index (χ1v) is 10.2. The van der Waals surface area contributed by atoms with Gasteiger partial charge in [-0.05, 0) is 37.6 Å². The van der Waals surface area contributed by atoms with Crippen molar-refractivity contribution in [2.24, 2.45) is 5.73 Å². The first-order chi connectivity index (χ1) is 15.3. The standard InChI is InChI=1S/C21H29B2N3O8/c1-17(22,28)19(23,21(33,34)20(31,32)18(2,29)30)12-6-8-13(9-7-12)26-10-11-4-3-5-14(15(11)24)16(25)27/h3-10,24,26,28-34H,22-23H2,1-2H3,(H2,25,27)/b11-10-,24-15?. The minimum Gasteiger partial charge on any atom is -0.399 e. The topological polar surface area (TPSA) is 221 Å². The third kappa shape index (κ3) is 4.46. The van der Waals surface area contributed by atoms with Crippen LogP contribution in [0.3, 0.4) is 0 Å². The van der Waals surface area contributed by atoms with Crippen LogP contribution >= 0.6 is 0 Å². The molecule has 13 heteroatoms. The molecule has 0 heterocycles. The van der Waals surface area contributed by atoms with Gasteiger partial charge in [-0.25, -0.2) is 0 Å². The number of carbonyl (C=O) groups is 1. The predicted molar refractivity (Wildman–Crippen MR) is 129 cm³/mol. The van der Waals surface area contributed by atoms with Crippen LogP contribution in [0.5, 0.6) is 0 Å². The summed E-state index contributed by atoms with van der Waals surface area (Å²) in [6.07, 6.45) is 6.04. The molecule has 0 aromatic heterocycles. The lowest BCUT2D eigenvalue weighted by atomic mass is 9.43. The van der Waals surface area contributed by atoms with Crippen LogP contribution < -0.4 is 11.1 Å². The number of aliphatic hydroxyl groups is 7. The molecule has 11 nitrogen and oxygen atoms in total. The Kier molecular flexibility index (Phi) is 7.10. The third-order valence-electron chi connectivity index (χ3n) is 6.29. The second-order valence-electron chi connectivity index (χ2n) is 9.05. The molecule has 1 aromatic carbocycles. The average molecular weight is 473 g/mol. The van der Waals surface area contributed by atoms with Crippen molar-refractivity contribution in [3.63, 3.8) is 0 Å². The highest BCUT2D eigenvalue weighted by atomic mass is 16.7. The number of allylic oxidation sites excluding steroid dienone is 4. The summed E-state index contributed by atoms with van der Waals surface area (Å²) < 4.78 is 0. The molecule has 0 fully saturated rings. The molecule has 0 aliphatic heterocycles. The first-order valence-electron chi connectivity index (χ1n) is 10.2. The summed E-state index contributed by atoms with van der Waals surface area (Å²) in [4.78, 5) is 11.4. The van der Waals surface area contributed by atoms with Crippen LogP contribution in [0.15, 0.2) is 59.8 Å². The van der Waals surface area contributed by atoms with Crippen molar-refractivity contribution >= 4 is 33.0 Å². The van der Waals surface area contributed by atoms with Crippen LogP contribution in [0, 0.1) is 5.41 Å². The van der Waals surface area contributed by atoms with Gasteiger partial charge in [0.25, 0.3) is 11.7 Å². The van der Waals surface area contributed by atoms with Gasteiger partial charge in [0.1, 0.15) is 15.7 Å². The molecular formula is C21H29B2N3O8. The van der Waals surface area contributed by atoms with Crippen LogP contribution in [-0.2, 0) is 10.1 Å².